The highest BCUT2D eigenvalue weighted by atomic mass is 79.9. The van der Waals surface area contributed by atoms with Crippen LogP contribution in [0.4, 0.5) is 13.2 Å². The van der Waals surface area contributed by atoms with Crippen molar-refractivity contribution in [1.29, 1.82) is 5.26 Å². The molecule has 0 radical (unpaired) electrons. The van der Waals surface area contributed by atoms with Gasteiger partial charge in [-0.2, -0.15) is 18.4 Å². The topological polar surface area (TPSA) is 66.1 Å². The average molecular weight is 477 g/mol. The second-order valence-corrected chi connectivity index (χ2v) is 7.40. The van der Waals surface area contributed by atoms with Gasteiger partial charge in [-0.3, -0.25) is 4.98 Å². The lowest BCUT2D eigenvalue weighted by Gasteiger charge is -2.16. The van der Waals surface area contributed by atoms with Crippen LogP contribution in [-0.4, -0.2) is 10.1 Å². The fraction of sp³-hybridized carbons (Fsp3) is 0.182. The van der Waals surface area contributed by atoms with E-state index in [1.807, 2.05) is 6.07 Å². The number of rotatable bonds is 6. The highest BCUT2D eigenvalue weighted by Crippen LogP contribution is 2.35. The highest BCUT2D eigenvalue weighted by molar-refractivity contribution is 9.10. The number of benzene rings is 2. The van der Waals surface area contributed by atoms with E-state index < -0.39 is 17.8 Å². The first kappa shape index (κ1) is 21.8. The van der Waals surface area contributed by atoms with E-state index in [2.05, 4.69) is 27.0 Å². The Morgan fingerprint density at radius 2 is 1.93 bits per heavy atom. The predicted molar refractivity (Wildman–Crippen MR) is 108 cm³/mol. The van der Waals surface area contributed by atoms with Crippen molar-refractivity contribution in [2.24, 2.45) is 0 Å². The number of ether oxygens (including phenoxy) is 1. The molecule has 0 aliphatic rings. The second kappa shape index (κ2) is 9.28. The zero-order valence-electron chi connectivity index (χ0n) is 15.5. The van der Waals surface area contributed by atoms with E-state index >= 15 is 0 Å². The quantitative estimate of drug-likeness (QED) is 0.503. The van der Waals surface area contributed by atoms with E-state index in [-0.39, 0.29) is 17.5 Å². The smallest absolute Gasteiger partial charge is 0.416 e. The van der Waals surface area contributed by atoms with Crippen LogP contribution in [0.5, 0.6) is 5.75 Å². The highest BCUT2D eigenvalue weighted by Gasteiger charge is 2.31. The van der Waals surface area contributed by atoms with Gasteiger partial charge in [0.1, 0.15) is 18.4 Å². The fourth-order valence-corrected chi connectivity index (χ4v) is 3.50. The van der Waals surface area contributed by atoms with Gasteiger partial charge in [0.25, 0.3) is 0 Å². The van der Waals surface area contributed by atoms with Crippen molar-refractivity contribution >= 4 is 15.9 Å². The van der Waals surface area contributed by atoms with Crippen LogP contribution in [0, 0.1) is 11.3 Å². The molecule has 30 heavy (non-hydrogen) atoms. The Kier molecular flexibility index (Phi) is 6.75. The van der Waals surface area contributed by atoms with E-state index in [9.17, 15) is 23.5 Å². The molecule has 3 rings (SSSR count). The van der Waals surface area contributed by atoms with Crippen molar-refractivity contribution in [3.63, 3.8) is 0 Å². The molecular weight excluding hydrogens is 461 g/mol. The van der Waals surface area contributed by atoms with E-state index in [0.717, 1.165) is 17.7 Å². The molecule has 0 saturated carbocycles. The van der Waals surface area contributed by atoms with Gasteiger partial charge < -0.3 is 9.84 Å². The van der Waals surface area contributed by atoms with Gasteiger partial charge in [0.15, 0.2) is 0 Å². The van der Waals surface area contributed by atoms with E-state index in [1.165, 1.54) is 6.07 Å². The summed E-state index contributed by atoms with van der Waals surface area (Å²) < 4.78 is 44.4. The number of hydrogen-bond donors (Lipinski definition) is 1. The van der Waals surface area contributed by atoms with Gasteiger partial charge in [-0.05, 0) is 41.5 Å². The molecule has 1 N–H and O–H groups in total. The maximum atomic E-state index is 12.8. The minimum Gasteiger partial charge on any atom is -0.487 e. The van der Waals surface area contributed by atoms with Crippen molar-refractivity contribution in [3.05, 3.63) is 93.2 Å². The maximum absolute atomic E-state index is 12.8. The molecule has 0 saturated heterocycles. The summed E-state index contributed by atoms with van der Waals surface area (Å²) in [6.07, 6.45) is -2.06. The largest absolute Gasteiger partial charge is 0.487 e. The van der Waals surface area contributed by atoms with Crippen LogP contribution in [-0.2, 0) is 19.2 Å². The third kappa shape index (κ3) is 5.38. The van der Waals surface area contributed by atoms with Gasteiger partial charge in [-0.15, -0.1) is 0 Å². The molecule has 8 heteroatoms. The summed E-state index contributed by atoms with van der Waals surface area (Å²) in [7, 11) is 0. The molecule has 1 aromatic heterocycles. The molecule has 0 bridgehead atoms. The van der Waals surface area contributed by atoms with Crippen molar-refractivity contribution in [3.8, 4) is 11.8 Å². The van der Waals surface area contributed by atoms with Crippen LogP contribution in [0.1, 0.15) is 33.9 Å². The van der Waals surface area contributed by atoms with Crippen LogP contribution in [0.3, 0.4) is 0 Å². The van der Waals surface area contributed by atoms with Gasteiger partial charge in [0, 0.05) is 28.9 Å². The molecule has 3 aromatic rings. The molecule has 154 valence electrons. The molecule has 1 heterocycles. The van der Waals surface area contributed by atoms with E-state index in [4.69, 9.17) is 4.74 Å². The summed E-state index contributed by atoms with van der Waals surface area (Å²) in [5, 5.41) is 19.9. The molecule has 0 fully saturated rings. The Labute approximate surface area is 179 Å². The van der Waals surface area contributed by atoms with Crippen LogP contribution in [0.25, 0.3) is 0 Å². The number of nitrogens with zero attached hydrogens (tertiary/aromatic N) is 2. The molecule has 0 aliphatic heterocycles. The Balaban J connectivity index is 1.77. The summed E-state index contributed by atoms with van der Waals surface area (Å²) in [6, 6.07) is 13.7. The fourth-order valence-electron chi connectivity index (χ4n) is 2.86. The number of nitriles is 1. The summed E-state index contributed by atoms with van der Waals surface area (Å²) >= 11 is 3.11. The maximum Gasteiger partial charge on any atom is 0.416 e. The monoisotopic (exact) mass is 476 g/mol. The zero-order chi connectivity index (χ0) is 21.7. The number of aromatic nitrogens is 1. The van der Waals surface area contributed by atoms with Gasteiger partial charge in [0.2, 0.25) is 0 Å². The predicted octanol–water partition coefficient (Wildman–Crippen LogP) is 5.59. The van der Waals surface area contributed by atoms with Crippen LogP contribution in [0.15, 0.2) is 65.4 Å². The summed E-state index contributed by atoms with van der Waals surface area (Å²) in [6.45, 7) is 0.221. The van der Waals surface area contributed by atoms with E-state index in [0.29, 0.717) is 22.4 Å². The third-order valence-corrected chi connectivity index (χ3v) is 5.09. The standard InChI is InChI=1S/C22H16BrF3N2O2/c23-19-10-17(22(24,25)26)5-6-18(19)20(29)8-14-3-4-16(11-27)21(9-14)30-13-15-2-1-7-28-12-15/h1-7,9-10,12,20,29H,8,13H2/t20-/m0/s1. The summed E-state index contributed by atoms with van der Waals surface area (Å²) in [5.41, 5.74) is 1.39. The van der Waals surface area contributed by atoms with Crippen molar-refractivity contribution < 1.29 is 23.0 Å². The van der Waals surface area contributed by atoms with Crippen LogP contribution >= 0.6 is 15.9 Å². The van der Waals surface area contributed by atoms with Gasteiger partial charge in [-0.1, -0.05) is 34.1 Å². The molecule has 1 atom stereocenters. The first-order valence-electron chi connectivity index (χ1n) is 8.87. The molecule has 0 aliphatic carbocycles. The van der Waals surface area contributed by atoms with Crippen molar-refractivity contribution in [2.75, 3.05) is 0 Å². The number of pyridine rings is 1. The normalized spacial score (nSPS) is 12.3. The van der Waals surface area contributed by atoms with Crippen LogP contribution in [0.2, 0.25) is 0 Å². The van der Waals surface area contributed by atoms with Crippen LogP contribution < -0.4 is 4.74 Å². The average Bonchev–Trinajstić information content (AvgIpc) is 2.72. The van der Waals surface area contributed by atoms with Gasteiger partial charge in [-0.25, -0.2) is 0 Å². The van der Waals surface area contributed by atoms with Gasteiger partial charge >= 0.3 is 6.18 Å². The summed E-state index contributed by atoms with van der Waals surface area (Å²) in [5.74, 6) is 0.359. The SMILES string of the molecule is N#Cc1ccc(C[C@H](O)c2ccc(C(F)(F)F)cc2Br)cc1OCc1cccnc1. The van der Waals surface area contributed by atoms with Crippen molar-refractivity contribution in [1.82, 2.24) is 4.98 Å². The Morgan fingerprint density at radius 3 is 2.57 bits per heavy atom. The number of aliphatic hydroxyl groups is 1. The molecule has 0 amide bonds. The zero-order valence-corrected chi connectivity index (χ0v) is 17.1. The number of aliphatic hydroxyl groups excluding tert-OH is 1. The molecule has 2 aromatic carbocycles. The lowest BCUT2D eigenvalue weighted by molar-refractivity contribution is -0.137. The molecule has 4 nitrogen and oxygen atoms in total. The van der Waals surface area contributed by atoms with Gasteiger partial charge in [0.05, 0.1) is 17.2 Å². The first-order chi connectivity index (χ1) is 14.3. The Bertz CT molecular complexity index is 1070. The molecule has 0 unspecified atom stereocenters. The number of halogens is 4. The second-order valence-electron chi connectivity index (χ2n) is 6.55. The third-order valence-electron chi connectivity index (χ3n) is 4.40. The Morgan fingerprint density at radius 1 is 1.13 bits per heavy atom. The lowest BCUT2D eigenvalue weighted by atomic mass is 9.99. The molecular formula is C22H16BrF3N2O2. The first-order valence-corrected chi connectivity index (χ1v) is 9.66. The lowest BCUT2D eigenvalue weighted by Crippen LogP contribution is -2.08. The number of hydrogen-bond acceptors (Lipinski definition) is 4. The minimum atomic E-state index is -4.46. The number of alkyl halides is 3. The molecule has 0 spiro atoms. The summed E-state index contributed by atoms with van der Waals surface area (Å²) in [4.78, 5) is 4.01. The minimum absolute atomic E-state index is 0.138. The Hall–Kier alpha value is -2.89. The van der Waals surface area contributed by atoms with Crippen molar-refractivity contribution in [2.45, 2.75) is 25.3 Å². The van der Waals surface area contributed by atoms with E-state index in [1.54, 1.807) is 36.7 Å².